The predicted octanol–water partition coefficient (Wildman–Crippen LogP) is 3.15. The first-order valence-corrected chi connectivity index (χ1v) is 5.66. The number of hydrogen-bond donors (Lipinski definition) is 1. The van der Waals surface area contributed by atoms with E-state index in [1.165, 1.54) is 0 Å². The van der Waals surface area contributed by atoms with Gasteiger partial charge in [0.05, 0.1) is 0 Å². The van der Waals surface area contributed by atoms with Gasteiger partial charge in [0.1, 0.15) is 0 Å². The van der Waals surface area contributed by atoms with E-state index in [0.717, 1.165) is 24.2 Å². The lowest BCUT2D eigenvalue weighted by Gasteiger charge is -2.24. The molecule has 0 saturated heterocycles. The van der Waals surface area contributed by atoms with Crippen LogP contribution in [0.25, 0.3) is 0 Å². The van der Waals surface area contributed by atoms with Crippen LogP contribution >= 0.6 is 11.6 Å². The number of nitrogens with two attached hydrogens (primary N) is 1. The number of nitrogen functional groups attached to an aromatic ring is 1. The summed E-state index contributed by atoms with van der Waals surface area (Å²) in [5, 5.41) is 0.697. The molecule has 1 aromatic rings. The maximum absolute atomic E-state index is 5.90. The lowest BCUT2D eigenvalue weighted by molar-refractivity contribution is 0.244. The highest BCUT2D eigenvalue weighted by Gasteiger charge is 2.09. The van der Waals surface area contributed by atoms with E-state index in [9.17, 15) is 0 Å². The van der Waals surface area contributed by atoms with Crippen molar-refractivity contribution < 1.29 is 0 Å². The van der Waals surface area contributed by atoms with Crippen molar-refractivity contribution >= 4 is 17.3 Å². The Balaban J connectivity index is 2.72. The first-order valence-electron chi connectivity index (χ1n) is 5.28. The van der Waals surface area contributed by atoms with E-state index in [0.29, 0.717) is 11.1 Å². The van der Waals surface area contributed by atoms with Crippen molar-refractivity contribution in [3.63, 3.8) is 0 Å². The lowest BCUT2D eigenvalue weighted by atomic mass is 10.1. The van der Waals surface area contributed by atoms with Crippen LogP contribution in [-0.4, -0.2) is 18.0 Å². The third-order valence-electron chi connectivity index (χ3n) is 2.87. The molecule has 0 fully saturated rings. The molecule has 0 radical (unpaired) electrons. The quantitative estimate of drug-likeness (QED) is 0.800. The van der Waals surface area contributed by atoms with Crippen LogP contribution in [0.5, 0.6) is 0 Å². The van der Waals surface area contributed by atoms with Crippen molar-refractivity contribution in [2.24, 2.45) is 0 Å². The largest absolute Gasteiger partial charge is 0.398 e. The minimum atomic E-state index is 0.570. The molecule has 0 aliphatic carbocycles. The van der Waals surface area contributed by atoms with E-state index in [4.69, 9.17) is 17.3 Å². The second-order valence-electron chi connectivity index (χ2n) is 4.02. The van der Waals surface area contributed by atoms with Crippen LogP contribution in [0.15, 0.2) is 18.2 Å². The van der Waals surface area contributed by atoms with Crippen molar-refractivity contribution in [1.82, 2.24) is 4.90 Å². The molecule has 1 aromatic carbocycles. The second kappa shape index (κ2) is 5.38. The fourth-order valence-electron chi connectivity index (χ4n) is 1.45. The van der Waals surface area contributed by atoms with E-state index in [1.807, 2.05) is 12.1 Å². The van der Waals surface area contributed by atoms with Crippen LogP contribution in [-0.2, 0) is 6.54 Å². The van der Waals surface area contributed by atoms with Crippen molar-refractivity contribution in [2.45, 2.75) is 32.9 Å². The van der Waals surface area contributed by atoms with Crippen molar-refractivity contribution in [2.75, 3.05) is 12.8 Å². The summed E-state index contributed by atoms with van der Waals surface area (Å²) in [5.74, 6) is 0. The molecule has 1 atom stereocenters. The Labute approximate surface area is 97.0 Å². The Morgan fingerprint density at radius 2 is 2.13 bits per heavy atom. The van der Waals surface area contributed by atoms with Gasteiger partial charge in [0.25, 0.3) is 0 Å². The van der Waals surface area contributed by atoms with Gasteiger partial charge in [-0.1, -0.05) is 24.6 Å². The van der Waals surface area contributed by atoms with E-state index in [2.05, 4.69) is 25.8 Å². The minimum Gasteiger partial charge on any atom is -0.398 e. The molecule has 0 aromatic heterocycles. The van der Waals surface area contributed by atoms with Gasteiger partial charge in [0.2, 0.25) is 0 Å². The van der Waals surface area contributed by atoms with Crippen LogP contribution in [0, 0.1) is 0 Å². The van der Waals surface area contributed by atoms with E-state index in [-0.39, 0.29) is 0 Å². The van der Waals surface area contributed by atoms with Gasteiger partial charge in [-0.2, -0.15) is 0 Å². The maximum atomic E-state index is 5.90. The van der Waals surface area contributed by atoms with Gasteiger partial charge >= 0.3 is 0 Å². The lowest BCUT2D eigenvalue weighted by Crippen LogP contribution is -2.28. The zero-order valence-electron chi connectivity index (χ0n) is 9.63. The smallest absolute Gasteiger partial charge is 0.0426 e. The van der Waals surface area contributed by atoms with Gasteiger partial charge in [-0.25, -0.2) is 0 Å². The van der Waals surface area contributed by atoms with E-state index in [1.54, 1.807) is 6.07 Å². The molecule has 0 saturated carbocycles. The number of anilines is 1. The maximum Gasteiger partial charge on any atom is 0.0426 e. The molecule has 15 heavy (non-hydrogen) atoms. The molecule has 3 heteroatoms. The third kappa shape index (κ3) is 3.40. The minimum absolute atomic E-state index is 0.570. The molecule has 1 rings (SSSR count). The van der Waals surface area contributed by atoms with Crippen LogP contribution in [0.2, 0.25) is 5.02 Å². The molecular weight excluding hydrogens is 208 g/mol. The normalized spacial score (nSPS) is 13.1. The molecule has 0 bridgehead atoms. The van der Waals surface area contributed by atoms with Crippen molar-refractivity contribution in [3.05, 3.63) is 28.8 Å². The summed E-state index contributed by atoms with van der Waals surface area (Å²) in [6, 6.07) is 6.26. The summed E-state index contributed by atoms with van der Waals surface area (Å²) < 4.78 is 0. The Morgan fingerprint density at radius 1 is 1.47 bits per heavy atom. The third-order valence-corrected chi connectivity index (χ3v) is 3.11. The Bertz CT molecular complexity index is 325. The highest BCUT2D eigenvalue weighted by atomic mass is 35.5. The van der Waals surface area contributed by atoms with Crippen molar-refractivity contribution in [3.8, 4) is 0 Å². The molecule has 0 aliphatic rings. The Morgan fingerprint density at radius 3 is 2.67 bits per heavy atom. The molecule has 0 aliphatic heterocycles. The van der Waals surface area contributed by atoms with E-state index >= 15 is 0 Å². The number of nitrogens with zero attached hydrogens (tertiary/aromatic N) is 1. The monoisotopic (exact) mass is 226 g/mol. The van der Waals surface area contributed by atoms with Crippen LogP contribution in [0.3, 0.4) is 0 Å². The molecule has 84 valence electrons. The highest BCUT2D eigenvalue weighted by Crippen LogP contribution is 2.20. The van der Waals surface area contributed by atoms with Crippen molar-refractivity contribution in [1.29, 1.82) is 0 Å². The molecule has 0 heterocycles. The number of rotatable bonds is 4. The molecular formula is C12H19ClN2. The molecule has 2 nitrogen and oxygen atoms in total. The van der Waals surface area contributed by atoms with Gasteiger partial charge in [0, 0.05) is 23.3 Å². The standard InChI is InChI=1S/C12H19ClN2/c1-4-9(2)15(3)8-10-5-6-11(13)7-12(10)14/h5-7,9H,4,8,14H2,1-3H3. The summed E-state index contributed by atoms with van der Waals surface area (Å²) in [7, 11) is 2.11. The van der Waals surface area contributed by atoms with Crippen LogP contribution in [0.1, 0.15) is 25.8 Å². The summed E-state index contributed by atoms with van der Waals surface area (Å²) >= 11 is 5.85. The molecule has 2 N–H and O–H groups in total. The van der Waals surface area contributed by atoms with Gasteiger partial charge in [-0.05, 0) is 38.1 Å². The van der Waals surface area contributed by atoms with Gasteiger partial charge in [0.15, 0.2) is 0 Å². The molecule has 1 unspecified atom stereocenters. The molecule has 0 spiro atoms. The first kappa shape index (κ1) is 12.3. The van der Waals surface area contributed by atoms with Gasteiger partial charge in [-0.3, -0.25) is 4.90 Å². The number of hydrogen-bond acceptors (Lipinski definition) is 2. The summed E-state index contributed by atoms with van der Waals surface area (Å²) in [6.45, 7) is 5.27. The van der Waals surface area contributed by atoms with Gasteiger partial charge in [-0.15, -0.1) is 0 Å². The fourth-order valence-corrected chi connectivity index (χ4v) is 1.63. The Hall–Kier alpha value is -0.730. The first-order chi connectivity index (χ1) is 7.04. The zero-order valence-corrected chi connectivity index (χ0v) is 10.4. The fraction of sp³-hybridized carbons (Fsp3) is 0.500. The summed E-state index contributed by atoms with van der Waals surface area (Å²) in [5.41, 5.74) is 7.82. The SMILES string of the molecule is CCC(C)N(C)Cc1ccc(Cl)cc1N. The summed E-state index contributed by atoms with van der Waals surface area (Å²) in [4.78, 5) is 2.29. The Kier molecular flexibility index (Phi) is 4.43. The molecule has 0 amide bonds. The number of halogens is 1. The van der Waals surface area contributed by atoms with Crippen LogP contribution < -0.4 is 5.73 Å². The van der Waals surface area contributed by atoms with Gasteiger partial charge < -0.3 is 5.73 Å². The predicted molar refractivity (Wildman–Crippen MR) is 67.1 cm³/mol. The highest BCUT2D eigenvalue weighted by molar-refractivity contribution is 6.30. The van der Waals surface area contributed by atoms with Crippen LogP contribution in [0.4, 0.5) is 5.69 Å². The number of benzene rings is 1. The second-order valence-corrected chi connectivity index (χ2v) is 4.45. The zero-order chi connectivity index (χ0) is 11.4. The summed E-state index contributed by atoms with van der Waals surface area (Å²) in [6.07, 6.45) is 1.14. The van der Waals surface area contributed by atoms with E-state index < -0.39 is 0 Å². The topological polar surface area (TPSA) is 29.3 Å². The average Bonchev–Trinajstić information content (AvgIpc) is 2.20. The average molecular weight is 227 g/mol.